The van der Waals surface area contributed by atoms with E-state index >= 15 is 0 Å². The molecule has 0 bridgehead atoms. The summed E-state index contributed by atoms with van der Waals surface area (Å²) in [7, 11) is -1.58. The van der Waals surface area contributed by atoms with Crippen LogP contribution < -0.4 is 19.7 Å². The predicted octanol–water partition coefficient (Wildman–Crippen LogP) is 15.1. The molecule has 6 aromatic carbocycles. The maximum atomic E-state index is 6.70. The van der Waals surface area contributed by atoms with E-state index in [-0.39, 0.29) is 37.3 Å². The van der Waals surface area contributed by atoms with Crippen LogP contribution in [0.4, 0.5) is 22.7 Å². The van der Waals surface area contributed by atoms with Gasteiger partial charge in [-0.15, -0.1) is 48.1 Å². The van der Waals surface area contributed by atoms with E-state index in [4.69, 9.17) is 9.72 Å². The van der Waals surface area contributed by atoms with Crippen LogP contribution in [0.5, 0.6) is 11.5 Å². The quantitative estimate of drug-likeness (QED) is 0.118. The smallest absolute Gasteiger partial charge is 0.135 e. The molecule has 9 rings (SSSR count). The maximum absolute atomic E-state index is 6.70. The van der Waals surface area contributed by atoms with Gasteiger partial charge in [-0.1, -0.05) is 153 Å². The number of benzene rings is 6. The molecule has 64 heavy (non-hydrogen) atoms. The minimum absolute atomic E-state index is 0. The van der Waals surface area contributed by atoms with Crippen molar-refractivity contribution in [2.75, 3.05) is 9.80 Å². The molecule has 0 N–H and O–H groups in total. The fourth-order valence-electron chi connectivity index (χ4n) is 8.54. The van der Waals surface area contributed by atoms with Crippen molar-refractivity contribution in [3.05, 3.63) is 169 Å². The fraction of sp³-hybridized carbons (Fsp3) is 0.263. The van der Waals surface area contributed by atoms with E-state index in [1.807, 2.05) is 24.4 Å². The van der Waals surface area contributed by atoms with Crippen LogP contribution in [0.25, 0.3) is 38.8 Å². The second-order valence-electron chi connectivity index (χ2n) is 21.2. The molecule has 0 fully saturated rings. The first-order valence-electron chi connectivity index (χ1n) is 22.2. The van der Waals surface area contributed by atoms with Gasteiger partial charge in [-0.2, -0.15) is 12.1 Å². The van der Waals surface area contributed by atoms with E-state index in [9.17, 15) is 0 Å². The second-order valence-corrected chi connectivity index (χ2v) is 26.3. The van der Waals surface area contributed by atoms with Crippen LogP contribution in [0.15, 0.2) is 134 Å². The van der Waals surface area contributed by atoms with Crippen LogP contribution in [0, 0.1) is 18.8 Å². The van der Waals surface area contributed by atoms with Crippen molar-refractivity contribution in [2.24, 2.45) is 0 Å². The first kappa shape index (κ1) is 45.2. The number of anilines is 4. The van der Waals surface area contributed by atoms with Gasteiger partial charge in [0.05, 0.1) is 8.07 Å². The Labute approximate surface area is 396 Å². The maximum Gasteiger partial charge on any atom is 0.135 e. The van der Waals surface area contributed by atoms with E-state index in [0.717, 1.165) is 50.4 Å². The SMILES string of the molecule is CC(C)(C)c1cc(N2[CH-]N(c3[c-]c(Oc4[c-]c5c(cc4)c4ccccc4n5-c4cc(C(C)(C)C)ccn4)ccc3)c3cccc(-c4cccc([Si](C)(C)C)c4)c32)cc(C(C)(C)C)c1.[Pt]. The zero-order valence-corrected chi connectivity index (χ0v) is 42.6. The Hall–Kier alpha value is -5.42. The Balaban J connectivity index is 0.00000560. The molecule has 0 aliphatic carbocycles. The first-order valence-corrected chi connectivity index (χ1v) is 25.7. The molecule has 5 nitrogen and oxygen atoms in total. The van der Waals surface area contributed by atoms with Crippen molar-refractivity contribution in [1.82, 2.24) is 9.55 Å². The Morgan fingerprint density at radius 2 is 1.27 bits per heavy atom. The number of hydrogen-bond acceptors (Lipinski definition) is 4. The van der Waals surface area contributed by atoms with Crippen LogP contribution in [0.3, 0.4) is 0 Å². The molecule has 0 saturated carbocycles. The molecule has 7 heteroatoms. The number of ether oxygens (including phenoxy) is 1. The van der Waals surface area contributed by atoms with E-state index in [0.29, 0.717) is 11.5 Å². The molecular formula is C57H59N4OPtSi-3. The Bertz CT molecular complexity index is 3000. The third kappa shape index (κ3) is 8.60. The summed E-state index contributed by atoms with van der Waals surface area (Å²) >= 11 is 0. The first-order chi connectivity index (χ1) is 29.7. The summed E-state index contributed by atoms with van der Waals surface area (Å²) in [6.45, 7) is 30.0. The minimum Gasteiger partial charge on any atom is -0.509 e. The Kier molecular flexibility index (Phi) is 11.7. The fourth-order valence-corrected chi connectivity index (χ4v) is 9.72. The molecule has 0 saturated heterocycles. The van der Waals surface area contributed by atoms with Crippen LogP contribution in [0.2, 0.25) is 19.6 Å². The predicted molar refractivity (Wildman–Crippen MR) is 269 cm³/mol. The molecule has 1 aliphatic rings. The third-order valence-corrected chi connectivity index (χ3v) is 14.4. The third-order valence-electron chi connectivity index (χ3n) is 12.3. The number of nitrogens with zero attached hydrogens (tertiary/aromatic N) is 4. The van der Waals surface area contributed by atoms with Crippen molar-refractivity contribution in [3.63, 3.8) is 0 Å². The average molecular weight is 1040 g/mol. The second kappa shape index (κ2) is 16.5. The Morgan fingerprint density at radius 3 is 1.97 bits per heavy atom. The van der Waals surface area contributed by atoms with Gasteiger partial charge >= 0.3 is 0 Å². The van der Waals surface area contributed by atoms with Crippen LogP contribution in [-0.2, 0) is 37.3 Å². The number of fused-ring (bicyclic) bond motifs is 4. The number of hydrogen-bond donors (Lipinski definition) is 0. The van der Waals surface area contributed by atoms with Crippen molar-refractivity contribution in [1.29, 1.82) is 0 Å². The number of para-hydroxylation sites is 2. The average Bonchev–Trinajstić information content (AvgIpc) is 3.79. The molecule has 0 radical (unpaired) electrons. The van der Waals surface area contributed by atoms with Gasteiger partial charge in [-0.05, 0) is 80.3 Å². The topological polar surface area (TPSA) is 33.5 Å². The van der Waals surface area contributed by atoms with Gasteiger partial charge in [0.15, 0.2) is 0 Å². The van der Waals surface area contributed by atoms with Gasteiger partial charge in [0.2, 0.25) is 0 Å². The van der Waals surface area contributed by atoms with Gasteiger partial charge < -0.3 is 19.1 Å². The molecule has 0 spiro atoms. The standard InChI is InChI=1S/C57H59N4OSi.Pt/c1-55(2,3)39-28-29-58-53(34-39)61-50-24-14-13-22-48(50)49-27-26-45(36-52(49)61)62-44-20-16-19-42(35-44)59-37-60(43-32-40(56(4,5)6)31-41(33-43)57(7,8)9)54-47(23-17-25-51(54)59)38-18-15-21-46(30-38)63(10,11)12;/h13-34,37H,1-12H3;/q-3;. The van der Waals surface area contributed by atoms with E-state index in [1.165, 1.54) is 33.0 Å². The summed E-state index contributed by atoms with van der Waals surface area (Å²) in [6.07, 6.45) is 1.91. The van der Waals surface area contributed by atoms with Gasteiger partial charge in [0, 0.05) is 66.9 Å². The summed E-state index contributed by atoms with van der Waals surface area (Å²) in [6, 6.07) is 53.4. The van der Waals surface area contributed by atoms with E-state index in [2.05, 4.69) is 224 Å². The van der Waals surface area contributed by atoms with Crippen molar-refractivity contribution in [2.45, 2.75) is 98.2 Å². The minimum atomic E-state index is -1.58. The monoisotopic (exact) mass is 1040 g/mol. The van der Waals surface area contributed by atoms with Gasteiger partial charge in [0.25, 0.3) is 0 Å². The molecule has 0 atom stereocenters. The molecule has 0 amide bonds. The molecule has 1 aliphatic heterocycles. The Morgan fingerprint density at radius 1 is 0.594 bits per heavy atom. The normalized spacial score (nSPS) is 13.4. The molecule has 3 heterocycles. The van der Waals surface area contributed by atoms with Crippen molar-refractivity contribution in [3.8, 4) is 28.4 Å². The van der Waals surface area contributed by atoms with Gasteiger partial charge in [-0.25, -0.2) is 4.98 Å². The zero-order valence-electron chi connectivity index (χ0n) is 39.3. The number of pyridine rings is 1. The summed E-state index contributed by atoms with van der Waals surface area (Å²) in [5.74, 6) is 2.07. The van der Waals surface area contributed by atoms with Crippen LogP contribution >= 0.6 is 0 Å². The molecular weight excluding hydrogens is 980 g/mol. The summed E-state index contributed by atoms with van der Waals surface area (Å²) < 4.78 is 8.90. The molecule has 0 unspecified atom stereocenters. The summed E-state index contributed by atoms with van der Waals surface area (Å²) in [5, 5.41) is 3.68. The van der Waals surface area contributed by atoms with Crippen LogP contribution in [-0.4, -0.2) is 17.6 Å². The molecule has 2 aromatic heterocycles. The van der Waals surface area contributed by atoms with Gasteiger partial charge in [0.1, 0.15) is 5.82 Å². The van der Waals surface area contributed by atoms with Gasteiger partial charge in [-0.3, -0.25) is 0 Å². The largest absolute Gasteiger partial charge is 0.509 e. The summed E-state index contributed by atoms with van der Waals surface area (Å²) in [5.41, 5.74) is 12.4. The number of rotatable bonds is 7. The molecule has 8 aromatic rings. The van der Waals surface area contributed by atoms with Crippen LogP contribution in [0.1, 0.15) is 79.0 Å². The summed E-state index contributed by atoms with van der Waals surface area (Å²) in [4.78, 5) is 9.52. The van der Waals surface area contributed by atoms with E-state index < -0.39 is 8.07 Å². The molecule has 330 valence electrons. The van der Waals surface area contributed by atoms with Crippen molar-refractivity contribution >= 4 is 57.8 Å². The van der Waals surface area contributed by atoms with Crippen molar-refractivity contribution < 1.29 is 25.8 Å². The zero-order chi connectivity index (χ0) is 44.6. The number of aromatic nitrogens is 2. The van der Waals surface area contributed by atoms with E-state index in [1.54, 1.807) is 0 Å².